The molecule has 1 heterocycles. The molecule has 98 valence electrons. The first kappa shape index (κ1) is 13.7. The molecule has 0 aliphatic carbocycles. The minimum absolute atomic E-state index is 0.109. The van der Waals surface area contributed by atoms with Crippen LogP contribution in [0.1, 0.15) is 16.8 Å². The van der Waals surface area contributed by atoms with E-state index in [0.29, 0.717) is 0 Å². The van der Waals surface area contributed by atoms with E-state index in [1.54, 1.807) is 11.8 Å². The quantitative estimate of drug-likeness (QED) is 0.688. The molecular formula is C15H16N2OS. The van der Waals surface area contributed by atoms with Gasteiger partial charge in [-0.15, -0.1) is 11.8 Å². The molecule has 0 bridgehead atoms. The Morgan fingerprint density at radius 1 is 1.37 bits per heavy atom. The summed E-state index contributed by atoms with van der Waals surface area (Å²) < 4.78 is 1.89. The third kappa shape index (κ3) is 3.63. The van der Waals surface area contributed by atoms with Gasteiger partial charge in [-0.25, -0.2) is 0 Å². The lowest BCUT2D eigenvalue weighted by Gasteiger charge is -2.04. The minimum Gasteiger partial charge on any atom is -0.384 e. The summed E-state index contributed by atoms with van der Waals surface area (Å²) in [6, 6.07) is 10.1. The lowest BCUT2D eigenvalue weighted by molar-refractivity contribution is 0.350. The molecule has 1 aromatic carbocycles. The van der Waals surface area contributed by atoms with Crippen LogP contribution >= 0.6 is 11.8 Å². The Hall–Kier alpha value is -1.70. The third-order valence-corrected chi connectivity index (χ3v) is 3.79. The Kier molecular flexibility index (Phi) is 4.67. The number of hydrogen-bond acceptors (Lipinski definition) is 3. The Morgan fingerprint density at radius 2 is 2.16 bits per heavy atom. The summed E-state index contributed by atoms with van der Waals surface area (Å²) in [6.07, 6.45) is 0. The van der Waals surface area contributed by atoms with Crippen LogP contribution in [0.15, 0.2) is 35.4 Å². The Bertz CT molecular complexity index is 623. The van der Waals surface area contributed by atoms with Gasteiger partial charge in [0.25, 0.3) is 0 Å². The van der Waals surface area contributed by atoms with Gasteiger partial charge in [0.05, 0.1) is 10.7 Å². The molecular weight excluding hydrogens is 256 g/mol. The van der Waals surface area contributed by atoms with Crippen molar-refractivity contribution in [2.45, 2.75) is 17.7 Å². The molecule has 2 aromatic rings. The van der Waals surface area contributed by atoms with Gasteiger partial charge in [-0.2, -0.15) is 5.10 Å². The molecule has 2 rings (SSSR count). The smallest absolute Gasteiger partial charge is 0.104 e. The van der Waals surface area contributed by atoms with Crippen molar-refractivity contribution < 1.29 is 5.11 Å². The van der Waals surface area contributed by atoms with E-state index in [1.807, 2.05) is 36.9 Å². The van der Waals surface area contributed by atoms with E-state index in [0.717, 1.165) is 22.0 Å². The average molecular weight is 272 g/mol. The molecule has 1 N–H and O–H groups in total. The van der Waals surface area contributed by atoms with Crippen LogP contribution in [0.4, 0.5) is 0 Å². The van der Waals surface area contributed by atoms with E-state index in [9.17, 15) is 0 Å². The first-order valence-corrected chi connectivity index (χ1v) is 7.00. The molecule has 19 heavy (non-hydrogen) atoms. The highest BCUT2D eigenvalue weighted by Crippen LogP contribution is 2.24. The number of aryl methyl sites for hydroxylation is 2. The number of aliphatic hydroxyl groups is 1. The van der Waals surface area contributed by atoms with Crippen LogP contribution in [0.2, 0.25) is 0 Å². The predicted octanol–water partition coefficient (Wildman–Crippen LogP) is 2.36. The van der Waals surface area contributed by atoms with E-state index >= 15 is 0 Å². The van der Waals surface area contributed by atoms with Gasteiger partial charge in [-0.3, -0.25) is 4.68 Å². The van der Waals surface area contributed by atoms with Crippen LogP contribution in [-0.2, 0) is 12.8 Å². The summed E-state index contributed by atoms with van der Waals surface area (Å²) in [5.74, 6) is 6.52. The van der Waals surface area contributed by atoms with E-state index in [1.165, 1.54) is 5.56 Å². The molecule has 0 spiro atoms. The average Bonchev–Trinajstić information content (AvgIpc) is 2.73. The normalized spacial score (nSPS) is 10.1. The number of rotatable bonds is 3. The molecule has 4 heteroatoms. The Balaban J connectivity index is 2.13. The lowest BCUT2D eigenvalue weighted by atomic mass is 10.1. The maximum atomic E-state index is 8.78. The molecule has 0 saturated carbocycles. The fourth-order valence-corrected chi connectivity index (χ4v) is 2.81. The van der Waals surface area contributed by atoms with E-state index < -0.39 is 0 Å². The van der Waals surface area contributed by atoms with Crippen molar-refractivity contribution in [2.24, 2.45) is 7.05 Å². The van der Waals surface area contributed by atoms with Crippen LogP contribution in [-0.4, -0.2) is 21.5 Å². The number of thioether (sulfide) groups is 1. The molecule has 3 nitrogen and oxygen atoms in total. The highest BCUT2D eigenvalue weighted by molar-refractivity contribution is 7.98. The molecule has 0 amide bonds. The van der Waals surface area contributed by atoms with Gasteiger partial charge in [0, 0.05) is 18.4 Å². The molecule has 1 aromatic heterocycles. The zero-order valence-corrected chi connectivity index (χ0v) is 11.9. The molecule has 0 saturated heterocycles. The summed E-state index contributed by atoms with van der Waals surface area (Å²) in [4.78, 5) is 0. The fraction of sp³-hybridized carbons (Fsp3) is 0.267. The van der Waals surface area contributed by atoms with Crippen LogP contribution in [0.5, 0.6) is 0 Å². The Labute approximate surface area is 117 Å². The van der Waals surface area contributed by atoms with Crippen LogP contribution in [0, 0.1) is 18.8 Å². The van der Waals surface area contributed by atoms with Crippen molar-refractivity contribution in [3.8, 4) is 11.8 Å². The summed E-state index contributed by atoms with van der Waals surface area (Å²) in [7, 11) is 1.95. The van der Waals surface area contributed by atoms with Gasteiger partial charge in [-0.05, 0) is 24.6 Å². The van der Waals surface area contributed by atoms with Crippen molar-refractivity contribution in [3.63, 3.8) is 0 Å². The molecule has 0 atom stereocenters. The topological polar surface area (TPSA) is 38.0 Å². The Morgan fingerprint density at radius 3 is 2.84 bits per heavy atom. The monoisotopic (exact) mass is 272 g/mol. The van der Waals surface area contributed by atoms with Crippen LogP contribution in [0.25, 0.3) is 0 Å². The van der Waals surface area contributed by atoms with Crippen molar-refractivity contribution in [1.29, 1.82) is 0 Å². The fourth-order valence-electron chi connectivity index (χ4n) is 1.78. The van der Waals surface area contributed by atoms with Crippen molar-refractivity contribution in [2.75, 3.05) is 6.61 Å². The van der Waals surface area contributed by atoms with Gasteiger partial charge in [0.15, 0.2) is 0 Å². The largest absolute Gasteiger partial charge is 0.384 e. The van der Waals surface area contributed by atoms with Gasteiger partial charge in [-0.1, -0.05) is 30.0 Å². The zero-order valence-electron chi connectivity index (χ0n) is 11.1. The maximum Gasteiger partial charge on any atom is 0.104 e. The predicted molar refractivity (Wildman–Crippen MR) is 77.9 cm³/mol. The maximum absolute atomic E-state index is 8.78. The van der Waals surface area contributed by atoms with Gasteiger partial charge >= 0.3 is 0 Å². The lowest BCUT2D eigenvalue weighted by Crippen LogP contribution is -1.93. The number of nitrogens with zero attached hydrogens (tertiary/aromatic N) is 2. The van der Waals surface area contributed by atoms with Gasteiger partial charge < -0.3 is 5.11 Å². The zero-order chi connectivity index (χ0) is 13.7. The molecule has 0 aliphatic rings. The molecule has 0 aliphatic heterocycles. The number of benzene rings is 1. The highest BCUT2D eigenvalue weighted by Gasteiger charge is 2.05. The summed E-state index contributed by atoms with van der Waals surface area (Å²) in [6.45, 7) is 1.88. The van der Waals surface area contributed by atoms with Crippen molar-refractivity contribution in [1.82, 2.24) is 9.78 Å². The summed E-state index contributed by atoms with van der Waals surface area (Å²) >= 11 is 1.74. The summed E-state index contributed by atoms with van der Waals surface area (Å²) in [5.41, 5.74) is 3.17. The van der Waals surface area contributed by atoms with E-state index in [4.69, 9.17) is 5.11 Å². The van der Waals surface area contributed by atoms with Crippen LogP contribution < -0.4 is 0 Å². The second-order valence-corrected chi connectivity index (χ2v) is 5.15. The van der Waals surface area contributed by atoms with Gasteiger partial charge in [0.2, 0.25) is 0 Å². The van der Waals surface area contributed by atoms with E-state index in [2.05, 4.69) is 29.1 Å². The first-order valence-electron chi connectivity index (χ1n) is 6.02. The van der Waals surface area contributed by atoms with Crippen LogP contribution in [0.3, 0.4) is 0 Å². The molecule has 0 fully saturated rings. The number of hydrogen-bond donors (Lipinski definition) is 1. The SMILES string of the molecule is Cc1cc(SCc2ccccc2C#CCO)n(C)n1. The first-order chi connectivity index (χ1) is 9.20. The second-order valence-electron chi connectivity index (χ2n) is 4.15. The summed E-state index contributed by atoms with van der Waals surface area (Å²) in [5, 5.41) is 14.2. The second kappa shape index (κ2) is 6.46. The highest BCUT2D eigenvalue weighted by atomic mass is 32.2. The number of aliphatic hydroxyl groups excluding tert-OH is 1. The minimum atomic E-state index is -0.109. The van der Waals surface area contributed by atoms with Crippen molar-refractivity contribution >= 4 is 11.8 Å². The standard InChI is InChI=1S/C15H16N2OS/c1-12-10-15(17(2)16-12)19-11-14-7-4-3-6-13(14)8-5-9-18/h3-4,6-7,10,18H,9,11H2,1-2H3. The third-order valence-electron chi connectivity index (χ3n) is 2.65. The molecule has 0 unspecified atom stereocenters. The van der Waals surface area contributed by atoms with E-state index in [-0.39, 0.29) is 6.61 Å². The van der Waals surface area contributed by atoms with Crippen molar-refractivity contribution in [3.05, 3.63) is 47.2 Å². The van der Waals surface area contributed by atoms with Gasteiger partial charge in [0.1, 0.15) is 6.61 Å². The molecule has 0 radical (unpaired) electrons. The number of aromatic nitrogens is 2.